The Hall–Kier alpha value is -3.41. The van der Waals surface area contributed by atoms with Crippen molar-refractivity contribution >= 4 is 17.6 Å². The monoisotopic (exact) mass is 388 g/mol. The predicted octanol–water partition coefficient (Wildman–Crippen LogP) is 2.95. The Morgan fingerprint density at radius 3 is 2.66 bits per heavy atom. The molecule has 1 N–H and O–H groups in total. The van der Waals surface area contributed by atoms with Gasteiger partial charge in [-0.15, -0.1) is 0 Å². The number of anilines is 1. The molecular weight excluding hydrogens is 364 g/mol. The van der Waals surface area contributed by atoms with Crippen LogP contribution in [-0.4, -0.2) is 34.7 Å². The predicted molar refractivity (Wildman–Crippen MR) is 113 cm³/mol. The maximum atomic E-state index is 12.5. The SMILES string of the molecule is Cc1ccccc1-c1cc2n(n1)CCC(=O)N2CC(=O)NCCc1ccccc1. The fourth-order valence-corrected chi connectivity index (χ4v) is 3.60. The number of fused-ring (bicyclic) bond motifs is 1. The molecular formula is C23H24N4O2. The van der Waals surface area contributed by atoms with E-state index in [9.17, 15) is 9.59 Å². The minimum atomic E-state index is -0.165. The van der Waals surface area contributed by atoms with Gasteiger partial charge in [-0.2, -0.15) is 5.10 Å². The number of carbonyl (C=O) groups excluding carboxylic acids is 2. The molecule has 29 heavy (non-hydrogen) atoms. The molecule has 1 aliphatic rings. The van der Waals surface area contributed by atoms with Crippen molar-refractivity contribution in [1.82, 2.24) is 15.1 Å². The van der Waals surface area contributed by atoms with Gasteiger partial charge < -0.3 is 5.32 Å². The molecule has 2 amide bonds. The summed E-state index contributed by atoms with van der Waals surface area (Å²) < 4.78 is 1.82. The van der Waals surface area contributed by atoms with Crippen LogP contribution in [0.1, 0.15) is 17.5 Å². The normalized spacial score (nSPS) is 13.3. The number of amides is 2. The topological polar surface area (TPSA) is 67.2 Å². The third-order valence-electron chi connectivity index (χ3n) is 5.18. The summed E-state index contributed by atoms with van der Waals surface area (Å²) in [4.78, 5) is 26.5. The van der Waals surface area contributed by atoms with E-state index in [1.54, 1.807) is 0 Å². The van der Waals surface area contributed by atoms with Crippen LogP contribution in [0.15, 0.2) is 60.7 Å². The van der Waals surface area contributed by atoms with Crippen molar-refractivity contribution in [3.8, 4) is 11.3 Å². The summed E-state index contributed by atoms with van der Waals surface area (Å²) >= 11 is 0. The Kier molecular flexibility index (Phi) is 5.42. The van der Waals surface area contributed by atoms with E-state index >= 15 is 0 Å². The highest BCUT2D eigenvalue weighted by Gasteiger charge is 2.28. The molecule has 0 radical (unpaired) electrons. The molecule has 0 atom stereocenters. The van der Waals surface area contributed by atoms with Crippen LogP contribution in [0.5, 0.6) is 0 Å². The Bertz CT molecular complexity index is 1030. The van der Waals surface area contributed by atoms with Crippen LogP contribution in [0.4, 0.5) is 5.82 Å². The molecule has 1 aromatic heterocycles. The zero-order valence-corrected chi connectivity index (χ0v) is 16.5. The van der Waals surface area contributed by atoms with E-state index in [0.717, 1.165) is 23.2 Å². The molecule has 6 heteroatoms. The molecule has 0 spiro atoms. The first kappa shape index (κ1) is 18.9. The van der Waals surface area contributed by atoms with Gasteiger partial charge in [-0.1, -0.05) is 54.6 Å². The summed E-state index contributed by atoms with van der Waals surface area (Å²) in [7, 11) is 0. The van der Waals surface area contributed by atoms with E-state index in [1.807, 2.05) is 72.3 Å². The van der Waals surface area contributed by atoms with Gasteiger partial charge >= 0.3 is 0 Å². The highest BCUT2D eigenvalue weighted by molar-refractivity contribution is 5.99. The van der Waals surface area contributed by atoms with Crippen LogP contribution in [0.3, 0.4) is 0 Å². The molecule has 0 saturated heterocycles. The molecule has 148 valence electrons. The lowest BCUT2D eigenvalue weighted by Crippen LogP contribution is -2.44. The van der Waals surface area contributed by atoms with E-state index in [-0.39, 0.29) is 18.4 Å². The zero-order chi connectivity index (χ0) is 20.2. The Morgan fingerprint density at radius 1 is 1.10 bits per heavy atom. The van der Waals surface area contributed by atoms with Crippen molar-refractivity contribution in [3.05, 3.63) is 71.8 Å². The molecule has 2 heterocycles. The second kappa shape index (κ2) is 8.31. The first-order valence-corrected chi connectivity index (χ1v) is 9.86. The van der Waals surface area contributed by atoms with Crippen molar-refractivity contribution in [3.63, 3.8) is 0 Å². The summed E-state index contributed by atoms with van der Waals surface area (Å²) in [6.45, 7) is 3.12. The Balaban J connectivity index is 1.45. The van der Waals surface area contributed by atoms with Crippen molar-refractivity contribution in [2.24, 2.45) is 0 Å². The molecule has 0 fully saturated rings. The van der Waals surface area contributed by atoms with Crippen molar-refractivity contribution in [2.75, 3.05) is 18.0 Å². The van der Waals surface area contributed by atoms with Crippen LogP contribution in [0.2, 0.25) is 0 Å². The second-order valence-electron chi connectivity index (χ2n) is 7.24. The third kappa shape index (κ3) is 4.21. The number of rotatable bonds is 6. The number of nitrogens with zero attached hydrogens (tertiary/aromatic N) is 3. The number of aryl methyl sites for hydroxylation is 2. The summed E-state index contributed by atoms with van der Waals surface area (Å²) in [6, 6.07) is 19.9. The summed E-state index contributed by atoms with van der Waals surface area (Å²) in [5.74, 6) is 0.464. The Morgan fingerprint density at radius 2 is 1.86 bits per heavy atom. The lowest BCUT2D eigenvalue weighted by molar-refractivity contribution is -0.124. The van der Waals surface area contributed by atoms with Crippen molar-refractivity contribution < 1.29 is 9.59 Å². The second-order valence-corrected chi connectivity index (χ2v) is 7.24. The van der Waals surface area contributed by atoms with E-state index < -0.39 is 0 Å². The van der Waals surface area contributed by atoms with Crippen LogP contribution in [-0.2, 0) is 22.6 Å². The molecule has 0 unspecified atom stereocenters. The van der Waals surface area contributed by atoms with E-state index in [0.29, 0.717) is 25.3 Å². The first-order valence-electron chi connectivity index (χ1n) is 9.86. The number of hydrogen-bond acceptors (Lipinski definition) is 3. The van der Waals surface area contributed by atoms with Crippen molar-refractivity contribution in [2.45, 2.75) is 26.3 Å². The number of carbonyl (C=O) groups is 2. The summed E-state index contributed by atoms with van der Waals surface area (Å²) in [6.07, 6.45) is 1.11. The minimum Gasteiger partial charge on any atom is -0.354 e. The molecule has 4 rings (SSSR count). The van der Waals surface area contributed by atoms with Crippen LogP contribution in [0, 0.1) is 6.92 Å². The van der Waals surface area contributed by atoms with Gasteiger partial charge in [0.25, 0.3) is 0 Å². The minimum absolute atomic E-state index is 0.00648. The molecule has 3 aromatic rings. The zero-order valence-electron chi connectivity index (χ0n) is 16.5. The average molecular weight is 388 g/mol. The van der Waals surface area contributed by atoms with Gasteiger partial charge in [0.15, 0.2) is 0 Å². The fourth-order valence-electron chi connectivity index (χ4n) is 3.60. The summed E-state index contributed by atoms with van der Waals surface area (Å²) in [5, 5.41) is 7.58. The number of hydrogen-bond donors (Lipinski definition) is 1. The van der Waals surface area contributed by atoms with Gasteiger partial charge in [0.1, 0.15) is 12.4 Å². The maximum Gasteiger partial charge on any atom is 0.240 e. The van der Waals surface area contributed by atoms with Gasteiger partial charge in [0.05, 0.1) is 12.2 Å². The van der Waals surface area contributed by atoms with Crippen LogP contribution < -0.4 is 10.2 Å². The highest BCUT2D eigenvalue weighted by Crippen LogP contribution is 2.29. The molecule has 0 aliphatic carbocycles. The molecule has 1 aliphatic heterocycles. The molecule has 0 bridgehead atoms. The number of nitrogens with one attached hydrogen (secondary N) is 1. The standard InChI is InChI=1S/C23H24N4O2/c1-17-7-5-6-10-19(17)20-15-22-26(23(29)12-14-27(22)25-20)16-21(28)24-13-11-18-8-3-2-4-9-18/h2-10,15H,11-14,16H2,1H3,(H,24,28). The van der Waals surface area contributed by atoms with E-state index in [2.05, 4.69) is 10.4 Å². The average Bonchev–Trinajstić information content (AvgIpc) is 3.16. The fraction of sp³-hybridized carbons (Fsp3) is 0.261. The number of benzene rings is 2. The van der Waals surface area contributed by atoms with Crippen molar-refractivity contribution in [1.29, 1.82) is 0 Å². The smallest absolute Gasteiger partial charge is 0.240 e. The highest BCUT2D eigenvalue weighted by atomic mass is 16.2. The quantitative estimate of drug-likeness (QED) is 0.706. The van der Waals surface area contributed by atoms with Gasteiger partial charge in [0, 0.05) is 24.6 Å². The first-order chi connectivity index (χ1) is 14.1. The van der Waals surface area contributed by atoms with Gasteiger partial charge in [-0.3, -0.25) is 14.5 Å². The lowest BCUT2D eigenvalue weighted by Gasteiger charge is -2.26. The summed E-state index contributed by atoms with van der Waals surface area (Å²) in [5.41, 5.74) is 4.15. The molecule has 6 nitrogen and oxygen atoms in total. The van der Waals surface area contributed by atoms with E-state index in [1.165, 1.54) is 10.5 Å². The van der Waals surface area contributed by atoms with Gasteiger partial charge in [-0.05, 0) is 24.5 Å². The largest absolute Gasteiger partial charge is 0.354 e. The Labute approximate surface area is 170 Å². The lowest BCUT2D eigenvalue weighted by atomic mass is 10.1. The van der Waals surface area contributed by atoms with Gasteiger partial charge in [0.2, 0.25) is 11.8 Å². The van der Waals surface area contributed by atoms with E-state index in [4.69, 9.17) is 0 Å². The van der Waals surface area contributed by atoms with Gasteiger partial charge in [-0.25, -0.2) is 4.68 Å². The van der Waals surface area contributed by atoms with Crippen LogP contribution in [0.25, 0.3) is 11.3 Å². The molecule has 2 aromatic carbocycles. The third-order valence-corrected chi connectivity index (χ3v) is 5.18. The molecule has 0 saturated carbocycles. The van der Waals surface area contributed by atoms with Crippen LogP contribution >= 0.6 is 0 Å². The maximum absolute atomic E-state index is 12.5. The number of aromatic nitrogens is 2.